The molecule has 0 radical (unpaired) electrons. The van der Waals surface area contributed by atoms with Gasteiger partial charge < -0.3 is 9.80 Å². The molecule has 5 aliphatic rings. The van der Waals surface area contributed by atoms with Crippen molar-refractivity contribution in [1.82, 2.24) is 0 Å². The third-order valence-corrected chi connectivity index (χ3v) is 15.7. The van der Waals surface area contributed by atoms with Gasteiger partial charge in [0.05, 0.1) is 6.04 Å². The summed E-state index contributed by atoms with van der Waals surface area (Å²) in [6, 6.07) is 35.7. The molecule has 0 bridgehead atoms. The Labute approximate surface area is 396 Å². The normalized spacial score (nSPS) is 20.2. The van der Waals surface area contributed by atoms with Gasteiger partial charge >= 0.3 is 0 Å². The number of allylic oxidation sites excluding steroid dienone is 9. The first kappa shape index (κ1) is 43.8. The maximum atomic E-state index is 2.69. The molecule has 5 aliphatic carbocycles. The van der Waals surface area contributed by atoms with E-state index in [1.54, 1.807) is 0 Å². The second kappa shape index (κ2) is 16.3. The van der Waals surface area contributed by atoms with Crippen molar-refractivity contribution in [2.24, 2.45) is 5.92 Å². The molecule has 0 fully saturated rings. The Balaban J connectivity index is 0.935. The molecule has 0 aliphatic heterocycles. The SMILES string of the molecule is CC1=CCC(N(C2=CC3=C(CC2)c2ccc(/C=C/c4ccc5c(c4)C(C)(C)c4cc(N(C6=CCC(C)C=C6C)c6ccc(C)cc6C)ccc4-5)cc2C3(C)C)c2ccc(C)cc2C)C(C)=C1. The van der Waals surface area contributed by atoms with Gasteiger partial charge in [-0.05, 0) is 183 Å². The second-order valence-electron chi connectivity index (χ2n) is 21.5. The van der Waals surface area contributed by atoms with E-state index in [2.05, 4.69) is 226 Å². The summed E-state index contributed by atoms with van der Waals surface area (Å²) in [5, 5.41) is 0. The lowest BCUT2D eigenvalue weighted by Crippen LogP contribution is -2.37. The predicted molar refractivity (Wildman–Crippen MR) is 285 cm³/mol. The van der Waals surface area contributed by atoms with Gasteiger partial charge in [-0.1, -0.05) is 160 Å². The molecule has 0 saturated heterocycles. The summed E-state index contributed by atoms with van der Waals surface area (Å²) in [5.41, 5.74) is 29.5. The molecule has 2 atom stereocenters. The smallest absolute Gasteiger partial charge is 0.0583 e. The molecular weight excluding hydrogens is 797 g/mol. The van der Waals surface area contributed by atoms with Crippen LogP contribution in [0, 0.1) is 33.6 Å². The summed E-state index contributed by atoms with van der Waals surface area (Å²) in [7, 11) is 0. The third kappa shape index (κ3) is 7.42. The lowest BCUT2D eigenvalue weighted by Gasteiger charge is -2.40. The maximum Gasteiger partial charge on any atom is 0.0583 e. The summed E-state index contributed by atoms with van der Waals surface area (Å²) in [6.45, 7) is 27.8. The summed E-state index contributed by atoms with van der Waals surface area (Å²) in [5.74, 6) is 0.552. The van der Waals surface area contributed by atoms with E-state index in [0.29, 0.717) is 12.0 Å². The van der Waals surface area contributed by atoms with Gasteiger partial charge in [0.2, 0.25) is 0 Å². The number of aryl methyl sites for hydroxylation is 4. The van der Waals surface area contributed by atoms with E-state index in [1.807, 2.05) is 0 Å². The summed E-state index contributed by atoms with van der Waals surface area (Å²) in [4.78, 5) is 5.19. The minimum absolute atomic E-state index is 0.0982. The molecule has 334 valence electrons. The number of fused-ring (bicyclic) bond motifs is 5. The van der Waals surface area contributed by atoms with Crippen LogP contribution in [0.15, 0.2) is 155 Å². The predicted octanol–water partition coefficient (Wildman–Crippen LogP) is 17.3. The maximum absolute atomic E-state index is 2.69. The van der Waals surface area contributed by atoms with Crippen molar-refractivity contribution < 1.29 is 0 Å². The van der Waals surface area contributed by atoms with Crippen molar-refractivity contribution >= 4 is 34.8 Å². The highest BCUT2D eigenvalue weighted by Gasteiger charge is 2.40. The Morgan fingerprint density at radius 2 is 1.18 bits per heavy atom. The van der Waals surface area contributed by atoms with Gasteiger partial charge in [-0.2, -0.15) is 0 Å². The molecular formula is C64H68N2. The Bertz CT molecular complexity index is 3070. The number of benzene rings is 5. The van der Waals surface area contributed by atoms with Crippen LogP contribution in [0.4, 0.5) is 17.1 Å². The van der Waals surface area contributed by atoms with E-state index in [9.17, 15) is 0 Å². The molecule has 2 nitrogen and oxygen atoms in total. The number of nitrogens with zero attached hydrogens (tertiary/aromatic N) is 2. The molecule has 0 spiro atoms. The number of rotatable bonds is 8. The third-order valence-electron chi connectivity index (χ3n) is 15.7. The molecule has 0 N–H and O–H groups in total. The van der Waals surface area contributed by atoms with Gasteiger partial charge in [-0.3, -0.25) is 0 Å². The lowest BCUT2D eigenvalue weighted by molar-refractivity contribution is 0.639. The lowest BCUT2D eigenvalue weighted by atomic mass is 9.79. The van der Waals surface area contributed by atoms with Crippen molar-refractivity contribution in [1.29, 1.82) is 0 Å². The molecule has 5 aromatic carbocycles. The fourth-order valence-electron chi connectivity index (χ4n) is 12.2. The molecule has 0 aromatic heterocycles. The van der Waals surface area contributed by atoms with Gasteiger partial charge in [-0.15, -0.1) is 0 Å². The van der Waals surface area contributed by atoms with Crippen LogP contribution in [0.3, 0.4) is 0 Å². The van der Waals surface area contributed by atoms with Gasteiger partial charge in [0.15, 0.2) is 0 Å². The quantitative estimate of drug-likeness (QED) is 0.143. The average molecular weight is 865 g/mol. The highest BCUT2D eigenvalue weighted by atomic mass is 15.2. The van der Waals surface area contributed by atoms with Crippen molar-refractivity contribution in [3.05, 3.63) is 211 Å². The van der Waals surface area contributed by atoms with Gasteiger partial charge in [0.1, 0.15) is 0 Å². The minimum Gasteiger partial charge on any atom is -0.337 e. The fraction of sp³-hybridized carbons (Fsp3) is 0.312. The van der Waals surface area contributed by atoms with E-state index in [-0.39, 0.29) is 10.8 Å². The van der Waals surface area contributed by atoms with Crippen molar-refractivity contribution in [3.8, 4) is 11.1 Å². The van der Waals surface area contributed by atoms with E-state index in [4.69, 9.17) is 0 Å². The van der Waals surface area contributed by atoms with E-state index >= 15 is 0 Å². The highest BCUT2D eigenvalue weighted by molar-refractivity contribution is 5.88. The molecule has 0 saturated carbocycles. The van der Waals surface area contributed by atoms with Crippen LogP contribution in [0.2, 0.25) is 0 Å². The molecule has 0 amide bonds. The number of hydrogen-bond acceptors (Lipinski definition) is 2. The zero-order valence-corrected chi connectivity index (χ0v) is 41.6. The molecule has 2 heteroatoms. The number of hydrogen-bond donors (Lipinski definition) is 0. The summed E-state index contributed by atoms with van der Waals surface area (Å²) in [6.07, 6.45) is 21.1. The zero-order valence-electron chi connectivity index (χ0n) is 41.6. The average Bonchev–Trinajstić information content (AvgIpc) is 3.64. The molecule has 66 heavy (non-hydrogen) atoms. The van der Waals surface area contributed by atoms with Crippen molar-refractivity contribution in [2.45, 2.75) is 126 Å². The van der Waals surface area contributed by atoms with Gasteiger partial charge in [0.25, 0.3) is 0 Å². The Morgan fingerprint density at radius 3 is 1.82 bits per heavy atom. The monoisotopic (exact) mass is 865 g/mol. The van der Waals surface area contributed by atoms with Crippen LogP contribution in [-0.4, -0.2) is 6.04 Å². The molecule has 2 unspecified atom stereocenters. The van der Waals surface area contributed by atoms with Crippen LogP contribution < -0.4 is 9.80 Å². The standard InChI is InChI=1S/C64H68N2/c1-39-13-27-59(43(5)31-39)65(60-28-14-40(2)32-44(60)6)49-21-25-53-51-23-19-47(35-55(51)63(9,10)57(53)37-49)17-18-48-20-24-52-54-26-22-50(38-58(54)64(11,12)56(52)36-48)66(61-29-15-41(3)33-45(61)7)62-30-16-42(4)34-46(62)8/h13-15,17-20,22-24,26-27,29-38,42,60H,16,21,25,28H2,1-12H3/b18-17+. The van der Waals surface area contributed by atoms with Crippen LogP contribution in [0.5, 0.6) is 0 Å². The van der Waals surface area contributed by atoms with Gasteiger partial charge in [-0.25, -0.2) is 0 Å². The fourth-order valence-corrected chi connectivity index (χ4v) is 12.2. The largest absolute Gasteiger partial charge is 0.337 e. The molecule has 0 heterocycles. The Kier molecular flexibility index (Phi) is 10.8. The zero-order chi connectivity index (χ0) is 46.4. The van der Waals surface area contributed by atoms with E-state index in [1.165, 1.54) is 123 Å². The first-order valence-corrected chi connectivity index (χ1v) is 24.5. The van der Waals surface area contributed by atoms with Gasteiger partial charge in [0, 0.05) is 39.3 Å². The Morgan fingerprint density at radius 1 is 0.576 bits per heavy atom. The summed E-state index contributed by atoms with van der Waals surface area (Å²) >= 11 is 0. The first-order valence-electron chi connectivity index (χ1n) is 24.5. The van der Waals surface area contributed by atoms with Crippen LogP contribution in [0.25, 0.3) is 28.9 Å². The highest BCUT2D eigenvalue weighted by Crippen LogP contribution is 2.54. The summed E-state index contributed by atoms with van der Waals surface area (Å²) < 4.78 is 0. The topological polar surface area (TPSA) is 6.48 Å². The Hall–Kier alpha value is -6.12. The van der Waals surface area contributed by atoms with Crippen LogP contribution in [0.1, 0.15) is 137 Å². The van der Waals surface area contributed by atoms with Crippen molar-refractivity contribution in [3.63, 3.8) is 0 Å². The molecule has 5 aromatic rings. The second-order valence-corrected chi connectivity index (χ2v) is 21.5. The van der Waals surface area contributed by atoms with E-state index in [0.717, 1.165) is 25.7 Å². The van der Waals surface area contributed by atoms with Crippen molar-refractivity contribution in [2.75, 3.05) is 9.80 Å². The van der Waals surface area contributed by atoms with Crippen LogP contribution >= 0.6 is 0 Å². The number of anilines is 3. The van der Waals surface area contributed by atoms with E-state index < -0.39 is 0 Å². The minimum atomic E-state index is -0.150. The first-order chi connectivity index (χ1) is 31.5. The molecule has 10 rings (SSSR count). The van der Waals surface area contributed by atoms with Crippen LogP contribution in [-0.2, 0) is 10.8 Å².